The van der Waals surface area contributed by atoms with E-state index < -0.39 is 0 Å². The molecule has 0 saturated heterocycles. The maximum atomic E-state index is 5.76. The first-order valence-electron chi connectivity index (χ1n) is 4.68. The molecule has 0 heterocycles. The third-order valence-corrected chi connectivity index (χ3v) is 2.24. The van der Waals surface area contributed by atoms with Gasteiger partial charge in [0.25, 0.3) is 0 Å². The fourth-order valence-electron chi connectivity index (χ4n) is 1.48. The van der Waals surface area contributed by atoms with Crippen LogP contribution in [-0.4, -0.2) is 25.8 Å². The number of nitrogens with two attached hydrogens (primary N) is 1. The van der Waals surface area contributed by atoms with E-state index in [2.05, 4.69) is 25.1 Å². The Balaban J connectivity index is 2.87. The lowest BCUT2D eigenvalue weighted by atomic mass is 10.1. The van der Waals surface area contributed by atoms with Gasteiger partial charge in [-0.15, -0.1) is 0 Å². The molecule has 0 amide bonds. The van der Waals surface area contributed by atoms with Gasteiger partial charge in [0.2, 0.25) is 0 Å². The summed E-state index contributed by atoms with van der Waals surface area (Å²) in [4.78, 5) is 0. The lowest BCUT2D eigenvalue weighted by Crippen LogP contribution is -2.33. The van der Waals surface area contributed by atoms with E-state index in [1.54, 1.807) is 12.1 Å². The monoisotopic (exact) mass is 194 g/mol. The van der Waals surface area contributed by atoms with Crippen LogP contribution in [0.1, 0.15) is 17.2 Å². The molecule has 0 fully saturated rings. The third kappa shape index (κ3) is 2.80. The Morgan fingerprint density at radius 2 is 2.21 bits per heavy atom. The molecule has 78 valence electrons. The van der Waals surface area contributed by atoms with Crippen LogP contribution in [0.4, 0.5) is 0 Å². The van der Waals surface area contributed by atoms with E-state index in [4.69, 9.17) is 10.6 Å². The van der Waals surface area contributed by atoms with Gasteiger partial charge in [0.1, 0.15) is 0 Å². The van der Waals surface area contributed by atoms with Crippen LogP contribution in [0.15, 0.2) is 24.3 Å². The number of methoxy groups -OCH3 is 1. The molecule has 1 unspecified atom stereocenters. The van der Waals surface area contributed by atoms with Crippen molar-refractivity contribution in [1.29, 1.82) is 0 Å². The highest BCUT2D eigenvalue weighted by atomic mass is 16.5. The van der Waals surface area contributed by atoms with E-state index in [0.717, 1.165) is 0 Å². The summed E-state index contributed by atoms with van der Waals surface area (Å²) < 4.78 is 5.14. The number of likely N-dealkylation sites (N-methyl/N-ethyl adjacent to an activating group) is 1. The highest BCUT2D eigenvalue weighted by Gasteiger charge is 2.13. The number of aryl methyl sites for hydroxylation is 1. The van der Waals surface area contributed by atoms with Gasteiger partial charge in [-0.1, -0.05) is 29.8 Å². The minimum absolute atomic E-state index is 0.125. The van der Waals surface area contributed by atoms with Crippen molar-refractivity contribution in [3.8, 4) is 0 Å². The van der Waals surface area contributed by atoms with Gasteiger partial charge in [0.15, 0.2) is 0 Å². The summed E-state index contributed by atoms with van der Waals surface area (Å²) in [5.41, 5.74) is 2.43. The van der Waals surface area contributed by atoms with Crippen LogP contribution >= 0.6 is 0 Å². The van der Waals surface area contributed by atoms with Crippen molar-refractivity contribution in [2.75, 3.05) is 20.8 Å². The van der Waals surface area contributed by atoms with E-state index in [1.165, 1.54) is 11.1 Å². The summed E-state index contributed by atoms with van der Waals surface area (Å²) in [6.45, 7) is 2.68. The average Bonchev–Trinajstić information content (AvgIpc) is 2.13. The lowest BCUT2D eigenvalue weighted by molar-refractivity contribution is 0.107. The number of ether oxygens (including phenoxy) is 1. The standard InChI is InChI=1S/C11H18N2O/c1-9-5-4-6-10(7-9)11(8-14-3)13(2)12/h4-7,11H,8,12H2,1-3H3. The summed E-state index contributed by atoms with van der Waals surface area (Å²) in [5.74, 6) is 5.76. The van der Waals surface area contributed by atoms with Crippen molar-refractivity contribution >= 4 is 0 Å². The Labute approximate surface area is 85.4 Å². The molecule has 14 heavy (non-hydrogen) atoms. The first kappa shape index (κ1) is 11.2. The molecule has 0 radical (unpaired) electrons. The minimum atomic E-state index is 0.125. The molecule has 0 spiro atoms. The van der Waals surface area contributed by atoms with Crippen molar-refractivity contribution in [2.45, 2.75) is 13.0 Å². The van der Waals surface area contributed by atoms with Gasteiger partial charge in [-0.2, -0.15) is 0 Å². The quantitative estimate of drug-likeness (QED) is 0.583. The van der Waals surface area contributed by atoms with Gasteiger partial charge >= 0.3 is 0 Å². The summed E-state index contributed by atoms with van der Waals surface area (Å²) in [6.07, 6.45) is 0. The first-order chi connectivity index (χ1) is 6.65. The fraction of sp³-hybridized carbons (Fsp3) is 0.455. The highest BCUT2D eigenvalue weighted by molar-refractivity contribution is 5.25. The molecule has 3 heteroatoms. The van der Waals surface area contributed by atoms with Crippen molar-refractivity contribution in [1.82, 2.24) is 5.01 Å². The van der Waals surface area contributed by atoms with Crippen LogP contribution in [0, 0.1) is 6.92 Å². The second-order valence-corrected chi connectivity index (χ2v) is 3.55. The molecule has 3 nitrogen and oxygen atoms in total. The number of hydrogen-bond donors (Lipinski definition) is 1. The van der Waals surface area contributed by atoms with E-state index >= 15 is 0 Å². The summed E-state index contributed by atoms with van der Waals surface area (Å²) in [7, 11) is 3.54. The molecule has 1 rings (SSSR count). The molecule has 1 atom stereocenters. The molecule has 1 aromatic rings. The Kier molecular flexibility index (Phi) is 4.07. The van der Waals surface area contributed by atoms with E-state index in [1.807, 2.05) is 13.1 Å². The van der Waals surface area contributed by atoms with Gasteiger partial charge in [-0.3, -0.25) is 5.84 Å². The Morgan fingerprint density at radius 1 is 1.50 bits per heavy atom. The molecule has 0 aliphatic rings. The van der Waals surface area contributed by atoms with E-state index in [-0.39, 0.29) is 6.04 Å². The van der Waals surface area contributed by atoms with Crippen LogP contribution in [0.2, 0.25) is 0 Å². The van der Waals surface area contributed by atoms with Crippen molar-refractivity contribution in [2.24, 2.45) is 5.84 Å². The number of hydrazine groups is 1. The van der Waals surface area contributed by atoms with Crippen LogP contribution in [-0.2, 0) is 4.74 Å². The number of nitrogens with zero attached hydrogens (tertiary/aromatic N) is 1. The van der Waals surface area contributed by atoms with E-state index in [0.29, 0.717) is 6.61 Å². The zero-order valence-corrected chi connectivity index (χ0v) is 9.03. The van der Waals surface area contributed by atoms with Crippen molar-refractivity contribution in [3.05, 3.63) is 35.4 Å². The van der Waals surface area contributed by atoms with E-state index in [9.17, 15) is 0 Å². The molecule has 0 aliphatic heterocycles. The number of rotatable bonds is 4. The Hall–Kier alpha value is -0.900. The molecule has 0 aliphatic carbocycles. The highest BCUT2D eigenvalue weighted by Crippen LogP contribution is 2.18. The molecule has 0 saturated carbocycles. The molecular weight excluding hydrogens is 176 g/mol. The minimum Gasteiger partial charge on any atom is -0.383 e. The zero-order chi connectivity index (χ0) is 10.6. The normalized spacial score (nSPS) is 13.2. The average molecular weight is 194 g/mol. The molecular formula is C11H18N2O. The second-order valence-electron chi connectivity index (χ2n) is 3.55. The van der Waals surface area contributed by atoms with Crippen LogP contribution < -0.4 is 5.84 Å². The van der Waals surface area contributed by atoms with Crippen molar-refractivity contribution in [3.63, 3.8) is 0 Å². The fourth-order valence-corrected chi connectivity index (χ4v) is 1.48. The van der Waals surface area contributed by atoms with Crippen molar-refractivity contribution < 1.29 is 4.74 Å². The Bertz CT molecular complexity index is 286. The lowest BCUT2D eigenvalue weighted by Gasteiger charge is -2.23. The molecule has 0 aromatic heterocycles. The maximum absolute atomic E-state index is 5.76. The molecule has 2 N–H and O–H groups in total. The predicted octanol–water partition coefficient (Wildman–Crippen LogP) is 1.49. The zero-order valence-electron chi connectivity index (χ0n) is 9.03. The SMILES string of the molecule is COCC(c1cccc(C)c1)N(C)N. The summed E-state index contributed by atoms with van der Waals surface area (Å²) in [6, 6.07) is 8.44. The third-order valence-electron chi connectivity index (χ3n) is 2.24. The van der Waals surface area contributed by atoms with Gasteiger partial charge in [0, 0.05) is 14.2 Å². The van der Waals surface area contributed by atoms with Crippen LogP contribution in [0.3, 0.4) is 0 Å². The maximum Gasteiger partial charge on any atom is 0.0721 e. The van der Waals surface area contributed by atoms with Crippen LogP contribution in [0.25, 0.3) is 0 Å². The first-order valence-corrected chi connectivity index (χ1v) is 4.68. The topological polar surface area (TPSA) is 38.5 Å². The van der Waals surface area contributed by atoms with Crippen LogP contribution in [0.5, 0.6) is 0 Å². The molecule has 0 bridgehead atoms. The Morgan fingerprint density at radius 3 is 2.71 bits per heavy atom. The largest absolute Gasteiger partial charge is 0.383 e. The van der Waals surface area contributed by atoms with Gasteiger partial charge in [-0.25, -0.2) is 5.01 Å². The smallest absolute Gasteiger partial charge is 0.0721 e. The second kappa shape index (κ2) is 5.10. The van der Waals surface area contributed by atoms with Gasteiger partial charge < -0.3 is 4.74 Å². The summed E-state index contributed by atoms with van der Waals surface area (Å²) in [5, 5.41) is 1.68. The van der Waals surface area contributed by atoms with Gasteiger partial charge in [-0.05, 0) is 12.5 Å². The van der Waals surface area contributed by atoms with Gasteiger partial charge in [0.05, 0.1) is 12.6 Å². The molecule has 1 aromatic carbocycles. The number of hydrogen-bond acceptors (Lipinski definition) is 3. The summed E-state index contributed by atoms with van der Waals surface area (Å²) >= 11 is 0. The predicted molar refractivity (Wildman–Crippen MR) is 57.7 cm³/mol. The number of benzene rings is 1.